The zero-order valence-corrected chi connectivity index (χ0v) is 12.6. The lowest BCUT2D eigenvalue weighted by Gasteiger charge is -2.14. The van der Waals surface area contributed by atoms with Crippen LogP contribution in [0.25, 0.3) is 0 Å². The molecular formula is C16H25NO3. The first-order valence-electron chi connectivity index (χ1n) is 7.29. The van der Waals surface area contributed by atoms with Crippen LogP contribution < -0.4 is 10.1 Å². The molecule has 112 valence electrons. The van der Waals surface area contributed by atoms with Crippen molar-refractivity contribution in [2.24, 2.45) is 0 Å². The molecule has 0 fully saturated rings. The van der Waals surface area contributed by atoms with Gasteiger partial charge in [-0.15, -0.1) is 0 Å². The van der Waals surface area contributed by atoms with Gasteiger partial charge in [0.15, 0.2) is 6.61 Å². The summed E-state index contributed by atoms with van der Waals surface area (Å²) in [6, 6.07) is 8.04. The van der Waals surface area contributed by atoms with Gasteiger partial charge >= 0.3 is 5.97 Å². The highest BCUT2D eigenvalue weighted by Crippen LogP contribution is 2.18. The molecule has 0 saturated heterocycles. The Morgan fingerprint density at radius 2 is 2.15 bits per heavy atom. The average molecular weight is 279 g/mol. The van der Waals surface area contributed by atoms with Gasteiger partial charge in [0.05, 0.1) is 6.61 Å². The maximum Gasteiger partial charge on any atom is 0.344 e. The molecule has 1 unspecified atom stereocenters. The van der Waals surface area contributed by atoms with Crippen LogP contribution >= 0.6 is 0 Å². The van der Waals surface area contributed by atoms with Gasteiger partial charge < -0.3 is 14.8 Å². The summed E-state index contributed by atoms with van der Waals surface area (Å²) in [4.78, 5) is 11.5. The Bertz CT molecular complexity index is 406. The molecule has 0 bridgehead atoms. The standard InChI is InChI=1S/C16H25NO3/c1-4-6-10-19-16(18)12-20-15-9-7-8-14(11-15)13(3)17-5-2/h7-9,11,13,17H,4-6,10,12H2,1-3H3. The minimum absolute atomic E-state index is 0.0389. The van der Waals surface area contributed by atoms with Crippen molar-refractivity contribution >= 4 is 5.97 Å². The van der Waals surface area contributed by atoms with Crippen LogP contribution in [-0.2, 0) is 9.53 Å². The van der Waals surface area contributed by atoms with Crippen molar-refractivity contribution in [1.29, 1.82) is 0 Å². The Balaban J connectivity index is 2.44. The molecule has 1 rings (SSSR count). The maximum atomic E-state index is 11.5. The summed E-state index contributed by atoms with van der Waals surface area (Å²) >= 11 is 0. The van der Waals surface area contributed by atoms with Gasteiger partial charge in [-0.05, 0) is 37.6 Å². The van der Waals surface area contributed by atoms with Crippen LogP contribution in [0.2, 0.25) is 0 Å². The fourth-order valence-electron chi connectivity index (χ4n) is 1.81. The molecule has 0 saturated carbocycles. The van der Waals surface area contributed by atoms with Gasteiger partial charge in [0, 0.05) is 6.04 Å². The second kappa shape index (κ2) is 9.37. The summed E-state index contributed by atoms with van der Waals surface area (Å²) in [5.74, 6) is 0.378. The highest BCUT2D eigenvalue weighted by atomic mass is 16.6. The van der Waals surface area contributed by atoms with Crippen LogP contribution in [0.4, 0.5) is 0 Å². The molecule has 20 heavy (non-hydrogen) atoms. The third-order valence-corrected chi connectivity index (χ3v) is 2.99. The van der Waals surface area contributed by atoms with Crippen molar-refractivity contribution in [2.45, 2.75) is 39.7 Å². The molecule has 0 spiro atoms. The van der Waals surface area contributed by atoms with E-state index in [4.69, 9.17) is 9.47 Å². The van der Waals surface area contributed by atoms with Crippen molar-refractivity contribution in [2.75, 3.05) is 19.8 Å². The summed E-state index contributed by atoms with van der Waals surface area (Å²) in [6.45, 7) is 7.57. The van der Waals surface area contributed by atoms with Crippen molar-refractivity contribution in [3.8, 4) is 5.75 Å². The van der Waals surface area contributed by atoms with Crippen LogP contribution in [-0.4, -0.2) is 25.7 Å². The highest BCUT2D eigenvalue weighted by Gasteiger charge is 2.07. The van der Waals surface area contributed by atoms with Crippen molar-refractivity contribution in [3.63, 3.8) is 0 Å². The molecule has 1 atom stereocenters. The molecule has 0 radical (unpaired) electrons. The Kier molecular flexibility index (Phi) is 7.73. The number of benzene rings is 1. The molecule has 4 heteroatoms. The molecule has 0 aliphatic carbocycles. The molecular weight excluding hydrogens is 254 g/mol. The first-order valence-corrected chi connectivity index (χ1v) is 7.29. The minimum atomic E-state index is -0.316. The Morgan fingerprint density at radius 3 is 2.85 bits per heavy atom. The monoisotopic (exact) mass is 279 g/mol. The summed E-state index contributed by atoms with van der Waals surface area (Å²) in [5.41, 5.74) is 1.14. The van der Waals surface area contributed by atoms with E-state index in [0.29, 0.717) is 12.4 Å². The number of ether oxygens (including phenoxy) is 2. The lowest BCUT2D eigenvalue weighted by atomic mass is 10.1. The molecule has 0 aliphatic heterocycles. The van der Waals surface area contributed by atoms with Gasteiger partial charge in [0.2, 0.25) is 0 Å². The van der Waals surface area contributed by atoms with Crippen molar-refractivity contribution in [1.82, 2.24) is 5.32 Å². The van der Waals surface area contributed by atoms with Crippen molar-refractivity contribution in [3.05, 3.63) is 29.8 Å². The molecule has 0 aromatic heterocycles. The normalized spacial score (nSPS) is 11.9. The fraction of sp³-hybridized carbons (Fsp3) is 0.562. The van der Waals surface area contributed by atoms with Crippen LogP contribution in [0.15, 0.2) is 24.3 Å². The Morgan fingerprint density at radius 1 is 1.35 bits per heavy atom. The predicted molar refractivity (Wildman–Crippen MR) is 79.9 cm³/mol. The lowest BCUT2D eigenvalue weighted by Crippen LogP contribution is -2.18. The van der Waals surface area contributed by atoms with Crippen LogP contribution in [0, 0.1) is 0 Å². The van der Waals surface area contributed by atoms with E-state index >= 15 is 0 Å². The highest BCUT2D eigenvalue weighted by molar-refractivity contribution is 5.71. The minimum Gasteiger partial charge on any atom is -0.482 e. The van der Waals surface area contributed by atoms with Crippen molar-refractivity contribution < 1.29 is 14.3 Å². The molecule has 0 aliphatic rings. The fourth-order valence-corrected chi connectivity index (χ4v) is 1.81. The third-order valence-electron chi connectivity index (χ3n) is 2.99. The summed E-state index contributed by atoms with van der Waals surface area (Å²) in [6.07, 6.45) is 1.90. The summed E-state index contributed by atoms with van der Waals surface area (Å²) in [7, 11) is 0. The average Bonchev–Trinajstić information content (AvgIpc) is 2.46. The smallest absolute Gasteiger partial charge is 0.344 e. The van der Waals surface area contributed by atoms with E-state index in [1.165, 1.54) is 0 Å². The molecule has 1 aromatic carbocycles. The van der Waals surface area contributed by atoms with E-state index < -0.39 is 0 Å². The van der Waals surface area contributed by atoms with Crippen LogP contribution in [0.5, 0.6) is 5.75 Å². The quantitative estimate of drug-likeness (QED) is 0.557. The number of rotatable bonds is 9. The topological polar surface area (TPSA) is 47.6 Å². The number of carbonyl (C=O) groups is 1. The molecule has 4 nitrogen and oxygen atoms in total. The largest absolute Gasteiger partial charge is 0.482 e. The third kappa shape index (κ3) is 6.06. The first kappa shape index (κ1) is 16.5. The second-order valence-electron chi connectivity index (χ2n) is 4.71. The molecule has 0 amide bonds. The zero-order valence-electron chi connectivity index (χ0n) is 12.6. The van der Waals surface area contributed by atoms with E-state index in [2.05, 4.69) is 26.1 Å². The van der Waals surface area contributed by atoms with E-state index in [-0.39, 0.29) is 18.6 Å². The van der Waals surface area contributed by atoms with Gasteiger partial charge in [-0.2, -0.15) is 0 Å². The maximum absolute atomic E-state index is 11.5. The molecule has 0 heterocycles. The first-order chi connectivity index (χ1) is 9.67. The van der Waals surface area contributed by atoms with Crippen LogP contribution in [0.1, 0.15) is 45.2 Å². The summed E-state index contributed by atoms with van der Waals surface area (Å²) in [5, 5.41) is 3.34. The van der Waals surface area contributed by atoms with E-state index in [1.807, 2.05) is 24.3 Å². The SMILES string of the molecule is CCCCOC(=O)COc1cccc(C(C)NCC)c1. The molecule has 1 aromatic rings. The number of hydrogen-bond donors (Lipinski definition) is 1. The predicted octanol–water partition coefficient (Wildman–Crippen LogP) is 3.08. The Hall–Kier alpha value is -1.55. The van der Waals surface area contributed by atoms with E-state index in [0.717, 1.165) is 24.9 Å². The van der Waals surface area contributed by atoms with Gasteiger partial charge in [0.25, 0.3) is 0 Å². The number of carbonyl (C=O) groups excluding carboxylic acids is 1. The van der Waals surface area contributed by atoms with E-state index in [1.54, 1.807) is 0 Å². The van der Waals surface area contributed by atoms with Gasteiger partial charge in [-0.1, -0.05) is 32.4 Å². The number of hydrogen-bond acceptors (Lipinski definition) is 4. The van der Waals surface area contributed by atoms with Gasteiger partial charge in [0.1, 0.15) is 5.75 Å². The molecule has 1 N–H and O–H groups in total. The zero-order chi connectivity index (χ0) is 14.8. The number of nitrogens with one attached hydrogen (secondary N) is 1. The lowest BCUT2D eigenvalue weighted by molar-refractivity contribution is -0.146. The number of unbranched alkanes of at least 4 members (excludes halogenated alkanes) is 1. The van der Waals surface area contributed by atoms with E-state index in [9.17, 15) is 4.79 Å². The summed E-state index contributed by atoms with van der Waals surface area (Å²) < 4.78 is 10.5. The van der Waals surface area contributed by atoms with Gasteiger partial charge in [-0.3, -0.25) is 0 Å². The van der Waals surface area contributed by atoms with Gasteiger partial charge in [-0.25, -0.2) is 4.79 Å². The Labute approximate surface area is 121 Å². The number of esters is 1. The second-order valence-corrected chi connectivity index (χ2v) is 4.71. The van der Waals surface area contributed by atoms with Crippen LogP contribution in [0.3, 0.4) is 0 Å².